The molecule has 1 aliphatic carbocycles. The summed E-state index contributed by atoms with van der Waals surface area (Å²) < 4.78 is 14.0. The number of aromatic nitrogens is 5. The van der Waals surface area contributed by atoms with Gasteiger partial charge in [0.2, 0.25) is 0 Å². The van der Waals surface area contributed by atoms with Crippen LogP contribution < -0.4 is 4.74 Å². The Balaban J connectivity index is 1.23. The molecule has 4 heterocycles. The van der Waals surface area contributed by atoms with Crippen LogP contribution in [0.2, 0.25) is 0 Å². The van der Waals surface area contributed by atoms with E-state index in [1.165, 1.54) is 11.3 Å². The van der Waals surface area contributed by atoms with Gasteiger partial charge in [0.1, 0.15) is 17.1 Å². The molecule has 214 valence electrons. The van der Waals surface area contributed by atoms with Crippen LogP contribution >= 0.6 is 11.3 Å². The van der Waals surface area contributed by atoms with Crippen LogP contribution in [0.5, 0.6) is 10.9 Å². The van der Waals surface area contributed by atoms with Gasteiger partial charge in [0.05, 0.1) is 5.57 Å². The normalized spacial score (nSPS) is 19.7. The van der Waals surface area contributed by atoms with Crippen molar-refractivity contribution in [2.75, 3.05) is 0 Å². The lowest BCUT2D eigenvalue weighted by molar-refractivity contribution is -0.167. The average Bonchev–Trinajstić information content (AvgIpc) is 3.73. The summed E-state index contributed by atoms with van der Waals surface area (Å²) in [5, 5.41) is 18.3. The van der Waals surface area contributed by atoms with Gasteiger partial charge >= 0.3 is 5.97 Å². The van der Waals surface area contributed by atoms with E-state index in [0.29, 0.717) is 29.6 Å². The maximum atomic E-state index is 13.5. The molecule has 1 aliphatic heterocycles. The Labute approximate surface area is 243 Å². The average molecular weight is 574 g/mol. The van der Waals surface area contributed by atoms with Gasteiger partial charge in [0.25, 0.3) is 11.0 Å². The van der Waals surface area contributed by atoms with E-state index in [0.717, 1.165) is 66.8 Å². The van der Waals surface area contributed by atoms with Gasteiger partial charge in [-0.3, -0.25) is 0 Å². The van der Waals surface area contributed by atoms with Gasteiger partial charge in [-0.15, -0.1) is 5.10 Å². The number of carbonyl (C=O) groups is 1. The van der Waals surface area contributed by atoms with Crippen molar-refractivity contribution in [1.29, 1.82) is 0 Å². The number of esters is 1. The van der Waals surface area contributed by atoms with Crippen LogP contribution in [0.4, 0.5) is 0 Å². The lowest BCUT2D eigenvalue weighted by atomic mass is 9.76. The first-order valence-corrected chi connectivity index (χ1v) is 15.2. The number of hydrogen-bond acceptors (Lipinski definition) is 9. The number of rotatable bonds is 9. The molecular formula is C31H35N5O4S. The van der Waals surface area contributed by atoms with Crippen molar-refractivity contribution in [2.45, 2.75) is 84.2 Å². The van der Waals surface area contributed by atoms with Gasteiger partial charge in [-0.05, 0) is 75.1 Å². The minimum absolute atomic E-state index is 0.0920. The standard InChI is InChI=1S/C31H35N5O4S/c1-4-22-16-21(9-10-26(22)39-30-32-13-14-41-30)11-12-31(23-7-5-6-8-23)18-25(37)24(28(38)40-31)17-27-34-29-33-19(2)15-20(3)36(29)35-27/h9-10,13-16,23,37H,4-8,11-12,17-18H2,1-3H3. The smallest absolute Gasteiger partial charge is 0.338 e. The van der Waals surface area contributed by atoms with E-state index < -0.39 is 11.6 Å². The van der Waals surface area contributed by atoms with Crippen LogP contribution in [-0.4, -0.2) is 41.2 Å². The molecule has 1 unspecified atom stereocenters. The molecule has 0 spiro atoms. The third-order valence-corrected chi connectivity index (χ3v) is 9.05. The molecule has 1 N–H and O–H groups in total. The molecule has 3 aromatic heterocycles. The van der Waals surface area contributed by atoms with Gasteiger partial charge < -0.3 is 14.6 Å². The van der Waals surface area contributed by atoms with Crippen molar-refractivity contribution in [3.8, 4) is 10.9 Å². The molecule has 0 radical (unpaired) electrons. The van der Waals surface area contributed by atoms with Gasteiger partial charge in [0.15, 0.2) is 5.82 Å². The second-order valence-electron chi connectivity index (χ2n) is 11.2. The first-order chi connectivity index (χ1) is 19.8. The number of cyclic esters (lactones) is 1. The SMILES string of the molecule is CCc1cc(CCC2(C3CCCC3)CC(O)=C(Cc3nc4nc(C)cc(C)n4n3)C(=O)O2)ccc1Oc1nccs1. The van der Waals surface area contributed by atoms with Crippen molar-refractivity contribution >= 4 is 23.1 Å². The summed E-state index contributed by atoms with van der Waals surface area (Å²) in [6.07, 6.45) is 8.57. The zero-order valence-electron chi connectivity index (χ0n) is 23.7. The highest BCUT2D eigenvalue weighted by molar-refractivity contribution is 7.11. The predicted octanol–water partition coefficient (Wildman–Crippen LogP) is 6.42. The first kappa shape index (κ1) is 27.4. The second kappa shape index (κ2) is 11.2. The van der Waals surface area contributed by atoms with Crippen molar-refractivity contribution < 1.29 is 19.4 Å². The number of aliphatic hydroxyl groups is 1. The number of benzene rings is 1. The summed E-state index contributed by atoms with van der Waals surface area (Å²) in [5.74, 6) is 1.57. The summed E-state index contributed by atoms with van der Waals surface area (Å²) >= 11 is 1.46. The maximum absolute atomic E-state index is 13.5. The zero-order valence-corrected chi connectivity index (χ0v) is 24.5. The molecule has 1 fully saturated rings. The van der Waals surface area contributed by atoms with E-state index in [4.69, 9.17) is 9.47 Å². The lowest BCUT2D eigenvalue weighted by Gasteiger charge is -2.41. The second-order valence-corrected chi connectivity index (χ2v) is 12.0. The van der Waals surface area contributed by atoms with Gasteiger partial charge in [0, 0.05) is 35.8 Å². The van der Waals surface area contributed by atoms with Crippen LogP contribution in [0.15, 0.2) is 47.2 Å². The molecule has 9 nitrogen and oxygen atoms in total. The fourth-order valence-corrected chi connectivity index (χ4v) is 6.80. The van der Waals surface area contributed by atoms with E-state index >= 15 is 0 Å². The summed E-state index contributed by atoms with van der Waals surface area (Å²) in [6, 6.07) is 8.17. The third kappa shape index (κ3) is 5.57. The van der Waals surface area contributed by atoms with E-state index in [2.05, 4.69) is 39.1 Å². The molecule has 1 saturated carbocycles. The Bertz CT molecular complexity index is 1610. The zero-order chi connectivity index (χ0) is 28.6. The maximum Gasteiger partial charge on any atom is 0.338 e. The first-order valence-electron chi connectivity index (χ1n) is 14.4. The highest BCUT2D eigenvalue weighted by atomic mass is 32.1. The Hall–Kier alpha value is -3.79. The van der Waals surface area contributed by atoms with Crippen molar-refractivity contribution in [3.63, 3.8) is 0 Å². The van der Waals surface area contributed by atoms with Crippen molar-refractivity contribution in [1.82, 2.24) is 24.6 Å². The van der Waals surface area contributed by atoms with E-state index in [-0.39, 0.29) is 23.7 Å². The van der Waals surface area contributed by atoms with Crippen LogP contribution in [-0.2, 0) is 28.8 Å². The molecule has 1 aromatic carbocycles. The number of ether oxygens (including phenoxy) is 2. The molecule has 6 rings (SSSR count). The summed E-state index contributed by atoms with van der Waals surface area (Å²) in [4.78, 5) is 26.7. The number of carbonyl (C=O) groups excluding carboxylic acids is 1. The van der Waals surface area contributed by atoms with Gasteiger partial charge in [-0.1, -0.05) is 43.2 Å². The highest BCUT2D eigenvalue weighted by Crippen LogP contribution is 2.46. The third-order valence-electron chi connectivity index (χ3n) is 8.40. The Morgan fingerprint density at radius 2 is 2.02 bits per heavy atom. The molecule has 2 aliphatic rings. The van der Waals surface area contributed by atoms with E-state index in [9.17, 15) is 9.90 Å². The van der Waals surface area contributed by atoms with E-state index in [1.807, 2.05) is 31.4 Å². The van der Waals surface area contributed by atoms with Crippen LogP contribution in [0, 0.1) is 19.8 Å². The fourth-order valence-electron chi connectivity index (χ4n) is 6.30. The number of hydrogen-bond donors (Lipinski definition) is 1. The molecule has 41 heavy (non-hydrogen) atoms. The number of aryl methyl sites for hydroxylation is 4. The number of thiazole rings is 1. The van der Waals surface area contributed by atoms with Gasteiger partial charge in [-0.2, -0.15) is 4.98 Å². The minimum atomic E-state index is -0.731. The number of fused-ring (bicyclic) bond motifs is 1. The quantitative estimate of drug-likeness (QED) is 0.229. The van der Waals surface area contributed by atoms with Crippen LogP contribution in [0.25, 0.3) is 5.78 Å². The van der Waals surface area contributed by atoms with E-state index in [1.54, 1.807) is 10.7 Å². The van der Waals surface area contributed by atoms with Crippen LogP contribution in [0.3, 0.4) is 0 Å². The minimum Gasteiger partial charge on any atom is -0.512 e. The Kier molecular flexibility index (Phi) is 7.50. The predicted molar refractivity (Wildman–Crippen MR) is 155 cm³/mol. The highest BCUT2D eigenvalue weighted by Gasteiger charge is 2.48. The molecule has 0 saturated heterocycles. The summed E-state index contributed by atoms with van der Waals surface area (Å²) in [7, 11) is 0. The van der Waals surface area contributed by atoms with Crippen molar-refractivity contribution in [2.24, 2.45) is 5.92 Å². The largest absolute Gasteiger partial charge is 0.512 e. The molecule has 10 heteroatoms. The Morgan fingerprint density at radius 1 is 1.20 bits per heavy atom. The summed E-state index contributed by atoms with van der Waals surface area (Å²) in [6.45, 7) is 5.95. The monoisotopic (exact) mass is 573 g/mol. The summed E-state index contributed by atoms with van der Waals surface area (Å²) in [5.41, 5.74) is 3.53. The molecular weight excluding hydrogens is 538 g/mol. The lowest BCUT2D eigenvalue weighted by Crippen LogP contribution is -2.46. The van der Waals surface area contributed by atoms with Gasteiger partial charge in [-0.25, -0.2) is 19.3 Å². The number of aliphatic hydroxyl groups excluding tert-OH is 1. The molecule has 0 amide bonds. The molecule has 4 aromatic rings. The van der Waals surface area contributed by atoms with Crippen molar-refractivity contribution in [3.05, 3.63) is 75.5 Å². The van der Waals surface area contributed by atoms with Crippen LogP contribution in [0.1, 0.15) is 73.8 Å². The fraction of sp³-hybridized carbons (Fsp3) is 0.452. The molecule has 0 bridgehead atoms. The molecule has 1 atom stereocenters. The topological polar surface area (TPSA) is 112 Å². The Morgan fingerprint density at radius 3 is 2.76 bits per heavy atom. The number of nitrogens with zero attached hydrogens (tertiary/aromatic N) is 5.